The molecule has 19 heavy (non-hydrogen) atoms. The molecular formula is C15H26N2O2. The van der Waals surface area contributed by atoms with Gasteiger partial charge in [-0.25, -0.2) is 0 Å². The highest BCUT2D eigenvalue weighted by Crippen LogP contribution is 2.30. The average molecular weight is 266 g/mol. The van der Waals surface area contributed by atoms with Gasteiger partial charge in [-0.05, 0) is 63.0 Å². The molecule has 0 aliphatic heterocycles. The lowest BCUT2D eigenvalue weighted by molar-refractivity contribution is 0.354. The standard InChI is InChI=1S/C15H26N2O2/c1-11-9-14(18-3)15(19-4)10-13(11)6-8-17-7-5-12(2)16/h9-10,12,17H,5-8,16H2,1-4H3. The van der Waals surface area contributed by atoms with Crippen molar-refractivity contribution in [2.45, 2.75) is 32.7 Å². The predicted octanol–water partition coefficient (Wildman–Crippen LogP) is 1.88. The molecule has 1 aromatic rings. The van der Waals surface area contributed by atoms with Crippen LogP contribution in [0, 0.1) is 6.92 Å². The largest absolute Gasteiger partial charge is 0.493 e. The Morgan fingerprint density at radius 1 is 1.16 bits per heavy atom. The number of nitrogens with two attached hydrogens (primary N) is 1. The molecule has 0 saturated heterocycles. The van der Waals surface area contributed by atoms with Crippen LogP contribution in [0.1, 0.15) is 24.5 Å². The molecule has 0 aromatic heterocycles. The maximum Gasteiger partial charge on any atom is 0.161 e. The molecule has 0 amide bonds. The lowest BCUT2D eigenvalue weighted by Gasteiger charge is -2.13. The van der Waals surface area contributed by atoms with Crippen LogP contribution in [0.25, 0.3) is 0 Å². The van der Waals surface area contributed by atoms with Crippen molar-refractivity contribution >= 4 is 0 Å². The van der Waals surface area contributed by atoms with E-state index in [0.717, 1.165) is 37.4 Å². The van der Waals surface area contributed by atoms with Crippen LogP contribution in [-0.2, 0) is 6.42 Å². The van der Waals surface area contributed by atoms with Crippen molar-refractivity contribution in [3.05, 3.63) is 23.3 Å². The van der Waals surface area contributed by atoms with E-state index >= 15 is 0 Å². The summed E-state index contributed by atoms with van der Waals surface area (Å²) in [6, 6.07) is 4.34. The van der Waals surface area contributed by atoms with E-state index in [1.807, 2.05) is 13.0 Å². The second-order valence-electron chi connectivity index (χ2n) is 4.90. The minimum absolute atomic E-state index is 0.260. The Morgan fingerprint density at radius 3 is 2.37 bits per heavy atom. The van der Waals surface area contributed by atoms with Gasteiger partial charge in [0.2, 0.25) is 0 Å². The van der Waals surface area contributed by atoms with E-state index in [9.17, 15) is 0 Å². The molecule has 0 spiro atoms. The first-order valence-electron chi connectivity index (χ1n) is 6.76. The number of nitrogens with one attached hydrogen (secondary N) is 1. The SMILES string of the molecule is COc1cc(C)c(CCNCCC(C)N)cc1OC. The van der Waals surface area contributed by atoms with Crippen LogP contribution in [0.3, 0.4) is 0 Å². The van der Waals surface area contributed by atoms with Gasteiger partial charge in [-0.15, -0.1) is 0 Å². The molecule has 0 saturated carbocycles. The van der Waals surface area contributed by atoms with Crippen LogP contribution in [-0.4, -0.2) is 33.4 Å². The molecule has 0 aliphatic carbocycles. The summed E-state index contributed by atoms with van der Waals surface area (Å²) in [5.41, 5.74) is 8.22. The van der Waals surface area contributed by atoms with Gasteiger partial charge in [-0.2, -0.15) is 0 Å². The van der Waals surface area contributed by atoms with E-state index in [0.29, 0.717) is 0 Å². The normalized spacial score (nSPS) is 12.3. The summed E-state index contributed by atoms with van der Waals surface area (Å²) in [5, 5.41) is 3.41. The summed E-state index contributed by atoms with van der Waals surface area (Å²) in [4.78, 5) is 0. The number of benzene rings is 1. The van der Waals surface area contributed by atoms with Crippen molar-refractivity contribution in [3.8, 4) is 11.5 Å². The van der Waals surface area contributed by atoms with Gasteiger partial charge in [0.05, 0.1) is 14.2 Å². The molecule has 0 heterocycles. The molecule has 0 fully saturated rings. The average Bonchev–Trinajstić information content (AvgIpc) is 2.39. The third kappa shape index (κ3) is 5.09. The van der Waals surface area contributed by atoms with Crippen molar-refractivity contribution < 1.29 is 9.47 Å². The summed E-state index contributed by atoms with van der Waals surface area (Å²) in [5.74, 6) is 1.58. The summed E-state index contributed by atoms with van der Waals surface area (Å²) in [6.45, 7) is 6.03. The second kappa shape index (κ2) is 8.02. The second-order valence-corrected chi connectivity index (χ2v) is 4.90. The van der Waals surface area contributed by atoms with E-state index in [-0.39, 0.29) is 6.04 Å². The van der Waals surface area contributed by atoms with Crippen LogP contribution in [0.2, 0.25) is 0 Å². The van der Waals surface area contributed by atoms with Crippen LogP contribution in [0.5, 0.6) is 11.5 Å². The Balaban J connectivity index is 2.53. The first-order chi connectivity index (χ1) is 9.08. The smallest absolute Gasteiger partial charge is 0.161 e. The Labute approximate surface area is 116 Å². The fraction of sp³-hybridized carbons (Fsp3) is 0.600. The maximum absolute atomic E-state index is 5.71. The number of hydrogen-bond donors (Lipinski definition) is 2. The fourth-order valence-corrected chi connectivity index (χ4v) is 1.97. The molecule has 1 aromatic carbocycles. The first-order valence-corrected chi connectivity index (χ1v) is 6.76. The Morgan fingerprint density at radius 2 is 1.79 bits per heavy atom. The molecule has 108 valence electrons. The van der Waals surface area contributed by atoms with Crippen molar-refractivity contribution in [1.82, 2.24) is 5.32 Å². The molecule has 3 N–H and O–H groups in total. The van der Waals surface area contributed by atoms with Gasteiger partial charge in [-0.1, -0.05) is 0 Å². The first kappa shape index (κ1) is 15.8. The van der Waals surface area contributed by atoms with Gasteiger partial charge in [0.15, 0.2) is 11.5 Å². The fourth-order valence-electron chi connectivity index (χ4n) is 1.97. The van der Waals surface area contributed by atoms with Crippen LogP contribution in [0.4, 0.5) is 0 Å². The van der Waals surface area contributed by atoms with Crippen LogP contribution in [0.15, 0.2) is 12.1 Å². The number of rotatable bonds is 8. The van der Waals surface area contributed by atoms with Gasteiger partial charge < -0.3 is 20.5 Å². The third-order valence-corrected chi connectivity index (χ3v) is 3.19. The molecule has 4 nitrogen and oxygen atoms in total. The van der Waals surface area contributed by atoms with Gasteiger partial charge >= 0.3 is 0 Å². The zero-order valence-electron chi connectivity index (χ0n) is 12.5. The molecule has 0 bridgehead atoms. The van der Waals surface area contributed by atoms with E-state index < -0.39 is 0 Å². The minimum Gasteiger partial charge on any atom is -0.493 e. The Kier molecular flexibility index (Phi) is 6.67. The van der Waals surface area contributed by atoms with Gasteiger partial charge in [-0.3, -0.25) is 0 Å². The van der Waals surface area contributed by atoms with E-state index in [4.69, 9.17) is 15.2 Å². The van der Waals surface area contributed by atoms with Crippen LogP contribution < -0.4 is 20.5 Å². The molecule has 0 aliphatic rings. The lowest BCUT2D eigenvalue weighted by Crippen LogP contribution is -2.25. The van der Waals surface area contributed by atoms with E-state index in [2.05, 4.69) is 18.3 Å². The van der Waals surface area contributed by atoms with E-state index in [1.54, 1.807) is 14.2 Å². The third-order valence-electron chi connectivity index (χ3n) is 3.19. The molecule has 1 atom stereocenters. The quantitative estimate of drug-likeness (QED) is 0.705. The molecule has 4 heteroatoms. The minimum atomic E-state index is 0.260. The number of ether oxygens (including phenoxy) is 2. The van der Waals surface area contributed by atoms with Gasteiger partial charge in [0.1, 0.15) is 0 Å². The summed E-state index contributed by atoms with van der Waals surface area (Å²) < 4.78 is 10.6. The summed E-state index contributed by atoms with van der Waals surface area (Å²) in [7, 11) is 3.32. The molecular weight excluding hydrogens is 240 g/mol. The number of hydrogen-bond acceptors (Lipinski definition) is 4. The van der Waals surface area contributed by atoms with Gasteiger partial charge in [0, 0.05) is 6.04 Å². The monoisotopic (exact) mass is 266 g/mol. The summed E-state index contributed by atoms with van der Waals surface area (Å²) >= 11 is 0. The highest BCUT2D eigenvalue weighted by molar-refractivity contribution is 5.47. The zero-order valence-corrected chi connectivity index (χ0v) is 12.5. The number of methoxy groups -OCH3 is 2. The lowest BCUT2D eigenvalue weighted by atomic mass is 10.0. The molecule has 0 radical (unpaired) electrons. The predicted molar refractivity (Wildman–Crippen MR) is 79.1 cm³/mol. The highest BCUT2D eigenvalue weighted by Gasteiger charge is 2.08. The number of aryl methyl sites for hydroxylation is 1. The van der Waals surface area contributed by atoms with Crippen molar-refractivity contribution in [1.29, 1.82) is 0 Å². The Bertz CT molecular complexity index is 392. The maximum atomic E-state index is 5.71. The summed E-state index contributed by atoms with van der Waals surface area (Å²) in [6.07, 6.45) is 1.98. The molecule has 1 rings (SSSR count). The van der Waals surface area contributed by atoms with Crippen molar-refractivity contribution in [3.63, 3.8) is 0 Å². The van der Waals surface area contributed by atoms with Crippen LogP contribution >= 0.6 is 0 Å². The van der Waals surface area contributed by atoms with Crippen molar-refractivity contribution in [2.24, 2.45) is 5.73 Å². The highest BCUT2D eigenvalue weighted by atomic mass is 16.5. The molecule has 1 unspecified atom stereocenters. The van der Waals surface area contributed by atoms with E-state index in [1.165, 1.54) is 11.1 Å². The topological polar surface area (TPSA) is 56.5 Å². The van der Waals surface area contributed by atoms with Crippen molar-refractivity contribution in [2.75, 3.05) is 27.3 Å². The zero-order chi connectivity index (χ0) is 14.3. The van der Waals surface area contributed by atoms with Gasteiger partial charge in [0.25, 0.3) is 0 Å². The Hall–Kier alpha value is -1.26.